The van der Waals surface area contributed by atoms with Crippen molar-refractivity contribution in [1.82, 2.24) is 9.88 Å². The summed E-state index contributed by atoms with van der Waals surface area (Å²) in [5.74, 6) is -0.159. The molecular formula is C21H25F3N2O2. The zero-order chi connectivity index (χ0) is 20.5. The van der Waals surface area contributed by atoms with Crippen molar-refractivity contribution >= 4 is 16.8 Å². The molecular weight excluding hydrogens is 369 g/mol. The predicted octanol–water partition coefficient (Wildman–Crippen LogP) is 4.41. The number of aryl methyl sites for hydroxylation is 1. The number of pyridine rings is 1. The topological polar surface area (TPSA) is 51.1 Å². The van der Waals surface area contributed by atoms with Gasteiger partial charge in [0.25, 0.3) is 0 Å². The number of amides is 1. The summed E-state index contributed by atoms with van der Waals surface area (Å²) in [6.07, 6.45) is 0.129. The van der Waals surface area contributed by atoms with Crippen LogP contribution in [0.2, 0.25) is 0 Å². The second kappa shape index (κ2) is 7.97. The Labute approximate surface area is 161 Å². The summed E-state index contributed by atoms with van der Waals surface area (Å²) in [5.41, 5.74) is -0.618. The average molecular weight is 394 g/mol. The molecule has 0 radical (unpaired) electrons. The number of nitrogens with zero attached hydrogens (tertiary/aromatic N) is 1. The van der Waals surface area contributed by atoms with Gasteiger partial charge in [0.2, 0.25) is 5.91 Å². The number of hydrogen-bond acceptors (Lipinski definition) is 2. The van der Waals surface area contributed by atoms with Gasteiger partial charge in [-0.05, 0) is 38.8 Å². The maximum Gasteiger partial charge on any atom is 0.431 e. The van der Waals surface area contributed by atoms with Crippen LogP contribution in [0.4, 0.5) is 13.2 Å². The molecule has 1 aliphatic carbocycles. The van der Waals surface area contributed by atoms with Gasteiger partial charge in [-0.3, -0.25) is 9.59 Å². The van der Waals surface area contributed by atoms with E-state index in [9.17, 15) is 22.8 Å². The highest BCUT2D eigenvalue weighted by Crippen LogP contribution is 2.31. The quantitative estimate of drug-likeness (QED) is 0.835. The van der Waals surface area contributed by atoms with E-state index >= 15 is 0 Å². The minimum Gasteiger partial charge on any atom is -0.352 e. The van der Waals surface area contributed by atoms with Crippen LogP contribution in [0.25, 0.3) is 10.9 Å². The van der Waals surface area contributed by atoms with E-state index in [1.54, 1.807) is 26.0 Å². The summed E-state index contributed by atoms with van der Waals surface area (Å²) in [7, 11) is 0. The number of rotatable bonds is 4. The lowest BCUT2D eigenvalue weighted by Gasteiger charge is -2.25. The predicted molar refractivity (Wildman–Crippen MR) is 102 cm³/mol. The van der Waals surface area contributed by atoms with Crippen molar-refractivity contribution < 1.29 is 18.0 Å². The summed E-state index contributed by atoms with van der Waals surface area (Å²) in [4.78, 5) is 24.7. The Morgan fingerprint density at radius 3 is 2.54 bits per heavy atom. The summed E-state index contributed by atoms with van der Waals surface area (Å²) < 4.78 is 41.9. The average Bonchev–Trinajstić information content (AvgIpc) is 2.63. The number of carbonyl (C=O) groups is 1. The Balaban J connectivity index is 1.93. The molecule has 1 aromatic carbocycles. The summed E-state index contributed by atoms with van der Waals surface area (Å²) in [6, 6.07) is 4.97. The van der Waals surface area contributed by atoms with Crippen molar-refractivity contribution in [2.75, 3.05) is 0 Å². The van der Waals surface area contributed by atoms with E-state index in [0.717, 1.165) is 42.2 Å². The maximum atomic E-state index is 13.6. The molecule has 1 aliphatic rings. The number of carbonyl (C=O) groups excluding carboxylic acids is 1. The molecule has 2 aromatic rings. The normalized spacial score (nSPS) is 16.9. The molecule has 1 aromatic heterocycles. The van der Waals surface area contributed by atoms with Crippen LogP contribution in [0.15, 0.2) is 29.1 Å². The van der Waals surface area contributed by atoms with Gasteiger partial charge in [-0.25, -0.2) is 0 Å². The van der Waals surface area contributed by atoms with E-state index < -0.39 is 23.3 Å². The first kappa shape index (κ1) is 20.4. The van der Waals surface area contributed by atoms with Gasteiger partial charge < -0.3 is 9.88 Å². The fourth-order valence-corrected chi connectivity index (χ4v) is 3.97. The van der Waals surface area contributed by atoms with Crippen LogP contribution in [-0.2, 0) is 17.5 Å². The van der Waals surface area contributed by atoms with Gasteiger partial charge >= 0.3 is 6.18 Å². The highest BCUT2D eigenvalue weighted by molar-refractivity contribution is 5.81. The van der Waals surface area contributed by atoms with Crippen molar-refractivity contribution in [3.63, 3.8) is 0 Å². The van der Waals surface area contributed by atoms with Crippen LogP contribution in [0.3, 0.4) is 0 Å². The van der Waals surface area contributed by atoms with Crippen LogP contribution in [0, 0.1) is 12.8 Å². The van der Waals surface area contributed by atoms with E-state index in [-0.39, 0.29) is 29.3 Å². The number of benzene rings is 1. The highest BCUT2D eigenvalue weighted by Gasteiger charge is 2.35. The minimum absolute atomic E-state index is 0.0624. The van der Waals surface area contributed by atoms with E-state index in [0.29, 0.717) is 6.07 Å². The number of halogens is 3. The third-order valence-electron chi connectivity index (χ3n) is 5.38. The maximum absolute atomic E-state index is 13.6. The molecule has 7 heteroatoms. The Morgan fingerprint density at radius 2 is 1.89 bits per heavy atom. The second-order valence-corrected chi connectivity index (χ2v) is 7.77. The fourth-order valence-electron chi connectivity index (χ4n) is 3.97. The van der Waals surface area contributed by atoms with E-state index in [4.69, 9.17) is 0 Å². The van der Waals surface area contributed by atoms with Crippen molar-refractivity contribution in [3.05, 3.63) is 45.7 Å². The van der Waals surface area contributed by atoms with Gasteiger partial charge in [0, 0.05) is 30.0 Å². The number of hydrogen-bond donors (Lipinski definition) is 1. The van der Waals surface area contributed by atoms with Crippen molar-refractivity contribution in [2.45, 2.75) is 64.7 Å². The molecule has 1 fully saturated rings. The van der Waals surface area contributed by atoms with Gasteiger partial charge in [0.05, 0.1) is 5.52 Å². The molecule has 152 valence electrons. The van der Waals surface area contributed by atoms with Crippen molar-refractivity contribution in [3.8, 4) is 0 Å². The fraction of sp³-hybridized carbons (Fsp3) is 0.524. The first-order valence-electron chi connectivity index (χ1n) is 9.68. The van der Waals surface area contributed by atoms with Crippen LogP contribution in [-0.4, -0.2) is 16.5 Å². The van der Waals surface area contributed by atoms with Crippen molar-refractivity contribution in [2.24, 2.45) is 5.92 Å². The molecule has 1 amide bonds. The lowest BCUT2D eigenvalue weighted by atomic mass is 9.88. The molecule has 0 saturated heterocycles. The Hall–Kier alpha value is -2.31. The first-order valence-corrected chi connectivity index (χ1v) is 9.68. The first-order chi connectivity index (χ1) is 13.2. The zero-order valence-electron chi connectivity index (χ0n) is 16.1. The molecule has 0 aliphatic heterocycles. The van der Waals surface area contributed by atoms with Crippen LogP contribution in [0.1, 0.15) is 50.3 Å². The Kier molecular flexibility index (Phi) is 5.82. The third kappa shape index (κ3) is 4.39. The largest absolute Gasteiger partial charge is 0.431 e. The summed E-state index contributed by atoms with van der Waals surface area (Å²) >= 11 is 0. The molecule has 0 bridgehead atoms. The molecule has 1 saturated carbocycles. The molecule has 0 unspecified atom stereocenters. The second-order valence-electron chi connectivity index (χ2n) is 7.77. The van der Waals surface area contributed by atoms with E-state index in [1.165, 1.54) is 6.07 Å². The SMILES string of the molecule is Cc1ccc2c(c1)c(=O)cc(C(F)(F)F)n2C[C@@H](C)NC(=O)C1CCCCC1. The van der Waals surface area contributed by atoms with Gasteiger partial charge in [-0.2, -0.15) is 13.2 Å². The van der Waals surface area contributed by atoms with Gasteiger partial charge in [-0.1, -0.05) is 30.9 Å². The molecule has 4 nitrogen and oxygen atoms in total. The summed E-state index contributed by atoms with van der Waals surface area (Å²) in [5, 5.41) is 3.11. The molecule has 28 heavy (non-hydrogen) atoms. The summed E-state index contributed by atoms with van der Waals surface area (Å²) in [6.45, 7) is 3.42. The van der Waals surface area contributed by atoms with Gasteiger partial charge in [0.15, 0.2) is 5.43 Å². The van der Waals surface area contributed by atoms with Crippen molar-refractivity contribution in [1.29, 1.82) is 0 Å². The Bertz CT molecular complexity index is 928. The Morgan fingerprint density at radius 1 is 1.21 bits per heavy atom. The number of alkyl halides is 3. The lowest BCUT2D eigenvalue weighted by molar-refractivity contribution is -0.143. The molecule has 3 rings (SSSR count). The molecule has 1 atom stereocenters. The van der Waals surface area contributed by atoms with Crippen LogP contribution >= 0.6 is 0 Å². The number of aromatic nitrogens is 1. The van der Waals surface area contributed by atoms with E-state index in [1.807, 2.05) is 0 Å². The minimum atomic E-state index is -4.66. The molecule has 1 heterocycles. The number of nitrogens with one attached hydrogen (secondary N) is 1. The van der Waals surface area contributed by atoms with Gasteiger partial charge in [0.1, 0.15) is 5.69 Å². The molecule has 1 N–H and O–H groups in total. The van der Waals surface area contributed by atoms with Crippen LogP contribution in [0.5, 0.6) is 0 Å². The van der Waals surface area contributed by atoms with Crippen LogP contribution < -0.4 is 10.7 Å². The lowest BCUT2D eigenvalue weighted by Crippen LogP contribution is -2.41. The third-order valence-corrected chi connectivity index (χ3v) is 5.38. The molecule has 0 spiro atoms. The smallest absolute Gasteiger partial charge is 0.352 e. The van der Waals surface area contributed by atoms with Gasteiger partial charge in [-0.15, -0.1) is 0 Å². The highest BCUT2D eigenvalue weighted by atomic mass is 19.4. The standard InChI is InChI=1S/C21H25F3N2O2/c1-13-8-9-17-16(10-13)18(27)11-19(21(22,23)24)26(17)12-14(2)25-20(28)15-6-4-3-5-7-15/h8-11,14-15H,3-7,12H2,1-2H3,(H,25,28)/t14-/m1/s1. The monoisotopic (exact) mass is 394 g/mol. The number of fused-ring (bicyclic) bond motifs is 1. The van der Waals surface area contributed by atoms with E-state index in [2.05, 4.69) is 5.32 Å². The zero-order valence-corrected chi connectivity index (χ0v) is 16.1.